The van der Waals surface area contributed by atoms with Crippen LogP contribution < -0.4 is 16.0 Å². The van der Waals surface area contributed by atoms with Gasteiger partial charge in [0.2, 0.25) is 0 Å². The van der Waals surface area contributed by atoms with E-state index in [1.54, 1.807) is 18.2 Å². The number of primary amides is 1. The van der Waals surface area contributed by atoms with Gasteiger partial charge in [0.05, 0.1) is 11.3 Å². The molecular weight excluding hydrogens is 249 g/mol. The van der Waals surface area contributed by atoms with Crippen molar-refractivity contribution >= 4 is 41.6 Å². The molecule has 0 spiro atoms. The third kappa shape index (κ3) is 2.57. The van der Waals surface area contributed by atoms with Gasteiger partial charge in [0.25, 0.3) is 11.8 Å². The Balaban J connectivity index is 2.24. The van der Waals surface area contributed by atoms with Gasteiger partial charge in [-0.2, -0.15) is 0 Å². The van der Waals surface area contributed by atoms with E-state index in [2.05, 4.69) is 10.3 Å². The summed E-state index contributed by atoms with van der Waals surface area (Å²) in [7, 11) is 5.44. The predicted molar refractivity (Wildman–Crippen MR) is 70.4 cm³/mol. The zero-order valence-electron chi connectivity index (χ0n) is 9.21. The van der Waals surface area contributed by atoms with E-state index >= 15 is 0 Å². The molecule has 1 aromatic heterocycles. The molecule has 0 saturated heterocycles. The number of benzene rings is 1. The molecule has 0 aliphatic heterocycles. The minimum atomic E-state index is -0.608. The summed E-state index contributed by atoms with van der Waals surface area (Å²) in [6, 6.07) is 6.48. The summed E-state index contributed by atoms with van der Waals surface area (Å²) in [5, 5.41) is 4.11. The van der Waals surface area contributed by atoms with Crippen molar-refractivity contribution in [1.82, 2.24) is 4.98 Å². The van der Waals surface area contributed by atoms with Gasteiger partial charge >= 0.3 is 0 Å². The molecule has 3 N–H and O–H groups in total. The predicted octanol–water partition coefficient (Wildman–Crippen LogP) is 0.288. The molecule has 18 heavy (non-hydrogen) atoms. The largest absolute Gasteiger partial charge is 0.366 e. The molecule has 2 rings (SSSR count). The van der Waals surface area contributed by atoms with Gasteiger partial charge in [-0.1, -0.05) is 12.1 Å². The minimum Gasteiger partial charge on any atom is -0.366 e. The molecule has 2 aromatic rings. The Hall–Kier alpha value is -2.15. The number of hydrogen-bond donors (Lipinski definition) is 2. The first-order valence-electron chi connectivity index (χ1n) is 4.99. The topological polar surface area (TPSA) is 85.1 Å². The smallest absolute Gasteiger partial charge is 0.275 e. The molecule has 88 valence electrons. The van der Waals surface area contributed by atoms with Crippen molar-refractivity contribution in [3.8, 4) is 0 Å². The Labute approximate surface area is 108 Å². The summed E-state index contributed by atoms with van der Waals surface area (Å²) >= 11 is 1.17. The van der Waals surface area contributed by atoms with Crippen molar-refractivity contribution < 1.29 is 9.59 Å². The molecule has 5 nitrogen and oxygen atoms in total. The molecule has 2 amide bonds. The zero-order valence-corrected chi connectivity index (χ0v) is 10.0. The fourth-order valence-electron chi connectivity index (χ4n) is 1.39. The Morgan fingerprint density at radius 2 is 2.06 bits per heavy atom. The fourth-order valence-corrected chi connectivity index (χ4v) is 1.93. The van der Waals surface area contributed by atoms with E-state index < -0.39 is 11.8 Å². The molecule has 0 aliphatic rings. The first kappa shape index (κ1) is 12.3. The number of nitrogens with one attached hydrogen (secondary N) is 1. The Morgan fingerprint density at radius 1 is 1.33 bits per heavy atom. The molecule has 0 fully saturated rings. The van der Waals surface area contributed by atoms with Crippen molar-refractivity contribution in [2.45, 2.75) is 0 Å². The van der Waals surface area contributed by atoms with Crippen LogP contribution in [-0.4, -0.2) is 24.6 Å². The molecule has 0 atom stereocenters. The van der Waals surface area contributed by atoms with Gasteiger partial charge in [0, 0.05) is 10.3 Å². The van der Waals surface area contributed by atoms with Crippen molar-refractivity contribution in [1.29, 1.82) is 0 Å². The molecule has 7 heteroatoms. The highest BCUT2D eigenvalue weighted by atomic mass is 32.1. The van der Waals surface area contributed by atoms with Crippen molar-refractivity contribution in [2.24, 2.45) is 5.73 Å². The quantitative estimate of drug-likeness (QED) is 0.775. The number of nitrogens with zero attached hydrogens (tertiary/aromatic N) is 1. The second kappa shape index (κ2) is 5.01. The molecule has 0 aliphatic carbocycles. The van der Waals surface area contributed by atoms with E-state index in [0.717, 1.165) is 0 Å². The van der Waals surface area contributed by atoms with Gasteiger partial charge in [-0.15, -0.1) is 11.3 Å². The Kier molecular flexibility index (Phi) is 3.43. The maximum atomic E-state index is 11.8. The van der Waals surface area contributed by atoms with E-state index in [-0.39, 0.29) is 11.3 Å². The van der Waals surface area contributed by atoms with Crippen LogP contribution in [0.25, 0.3) is 0 Å². The van der Waals surface area contributed by atoms with Gasteiger partial charge in [-0.05, 0) is 12.1 Å². The highest BCUT2D eigenvalue weighted by molar-refractivity contribution is 7.17. The van der Waals surface area contributed by atoms with E-state index in [9.17, 15) is 9.59 Å². The monoisotopic (exact) mass is 257 g/mol. The first-order chi connectivity index (χ1) is 8.58. The Morgan fingerprint density at radius 3 is 2.67 bits per heavy atom. The normalized spacial score (nSPS) is 10.0. The first-order valence-corrected chi connectivity index (χ1v) is 5.87. The lowest BCUT2D eigenvalue weighted by atomic mass is 10.1. The van der Waals surface area contributed by atoms with Crippen LogP contribution in [0.1, 0.15) is 20.8 Å². The van der Waals surface area contributed by atoms with Gasteiger partial charge in [-0.3, -0.25) is 9.59 Å². The van der Waals surface area contributed by atoms with Crippen molar-refractivity contribution in [3.63, 3.8) is 0 Å². The summed E-state index contributed by atoms with van der Waals surface area (Å²) in [6.45, 7) is 0. The van der Waals surface area contributed by atoms with Gasteiger partial charge in [0.15, 0.2) is 7.85 Å². The van der Waals surface area contributed by atoms with E-state index in [0.29, 0.717) is 10.6 Å². The molecule has 0 unspecified atom stereocenters. The highest BCUT2D eigenvalue weighted by Crippen LogP contribution is 2.15. The Bertz CT molecular complexity index is 612. The molecule has 1 aromatic carbocycles. The maximum absolute atomic E-state index is 11.8. The van der Waals surface area contributed by atoms with Crippen LogP contribution in [0.15, 0.2) is 29.6 Å². The SMILES string of the molecule is [B]c1nc(C(=O)Nc2ccccc2C(N)=O)cs1. The summed E-state index contributed by atoms with van der Waals surface area (Å²) in [5.41, 5.74) is 6.01. The average Bonchev–Trinajstić information content (AvgIpc) is 2.76. The van der Waals surface area contributed by atoms with Crippen LogP contribution in [-0.2, 0) is 0 Å². The summed E-state index contributed by atoms with van der Waals surface area (Å²) < 4.78 is 0. The van der Waals surface area contributed by atoms with E-state index in [4.69, 9.17) is 13.6 Å². The summed E-state index contributed by atoms with van der Waals surface area (Å²) in [5.74, 6) is -1.04. The molecule has 1 heterocycles. The maximum Gasteiger partial charge on any atom is 0.275 e. The van der Waals surface area contributed by atoms with Crippen LogP contribution >= 0.6 is 11.3 Å². The third-order valence-electron chi connectivity index (χ3n) is 2.20. The van der Waals surface area contributed by atoms with E-state index in [1.807, 2.05) is 0 Å². The number of thiazole rings is 1. The van der Waals surface area contributed by atoms with Gasteiger partial charge < -0.3 is 11.1 Å². The molecule has 0 bridgehead atoms. The number of anilines is 1. The van der Waals surface area contributed by atoms with Crippen LogP contribution in [0.2, 0.25) is 0 Å². The molecular formula is C11H8BN3O2S. The number of aromatic nitrogens is 1. The standard InChI is InChI=1S/C11H8BN3O2S/c12-11-15-8(5-18-11)10(17)14-7-4-2-1-3-6(7)9(13)16/h1-5H,(H2,13,16)(H,14,17). The number of nitrogens with two attached hydrogens (primary N) is 1. The van der Waals surface area contributed by atoms with Crippen molar-refractivity contribution in [2.75, 3.05) is 5.32 Å². The van der Waals surface area contributed by atoms with Crippen LogP contribution in [0, 0.1) is 0 Å². The number of para-hydroxylation sites is 1. The summed E-state index contributed by atoms with van der Waals surface area (Å²) in [6.07, 6.45) is 0. The number of carbonyl (C=O) groups is 2. The second-order valence-electron chi connectivity index (χ2n) is 3.43. The number of carbonyl (C=O) groups excluding carboxylic acids is 2. The van der Waals surface area contributed by atoms with E-state index in [1.165, 1.54) is 22.8 Å². The lowest BCUT2D eigenvalue weighted by Gasteiger charge is -2.07. The number of rotatable bonds is 3. The lowest BCUT2D eigenvalue weighted by Crippen LogP contribution is -2.19. The van der Waals surface area contributed by atoms with Crippen LogP contribution in [0.4, 0.5) is 5.69 Å². The lowest BCUT2D eigenvalue weighted by molar-refractivity contribution is 0.100. The fraction of sp³-hybridized carbons (Fsp3) is 0. The minimum absolute atomic E-state index is 0.205. The number of amides is 2. The van der Waals surface area contributed by atoms with Crippen molar-refractivity contribution in [3.05, 3.63) is 40.9 Å². The zero-order chi connectivity index (χ0) is 13.1. The summed E-state index contributed by atoms with van der Waals surface area (Å²) in [4.78, 5) is 27.2. The molecule has 2 radical (unpaired) electrons. The van der Waals surface area contributed by atoms with Gasteiger partial charge in [0.1, 0.15) is 5.69 Å². The third-order valence-corrected chi connectivity index (χ3v) is 2.87. The second-order valence-corrected chi connectivity index (χ2v) is 4.32. The molecule has 0 saturated carbocycles. The van der Waals surface area contributed by atoms with Crippen LogP contribution in [0.3, 0.4) is 0 Å². The van der Waals surface area contributed by atoms with Crippen LogP contribution in [0.5, 0.6) is 0 Å². The van der Waals surface area contributed by atoms with Gasteiger partial charge in [-0.25, -0.2) is 4.98 Å². The number of hydrogen-bond acceptors (Lipinski definition) is 4. The average molecular weight is 257 g/mol. The highest BCUT2D eigenvalue weighted by Gasteiger charge is 2.13.